The van der Waals surface area contributed by atoms with Gasteiger partial charge in [-0.15, -0.1) is 0 Å². The van der Waals surface area contributed by atoms with Crippen LogP contribution in [-0.4, -0.2) is 12.6 Å². The molecule has 0 aliphatic carbocycles. The summed E-state index contributed by atoms with van der Waals surface area (Å²) in [4.78, 5) is 0. The third-order valence-corrected chi connectivity index (χ3v) is 3.46. The maximum Gasteiger partial charge on any atom is 0.130 e. The van der Waals surface area contributed by atoms with E-state index in [0.717, 1.165) is 18.6 Å². The van der Waals surface area contributed by atoms with Crippen LogP contribution >= 0.6 is 0 Å². The summed E-state index contributed by atoms with van der Waals surface area (Å²) in [5.74, 6) is 1.02. The van der Waals surface area contributed by atoms with E-state index in [1.54, 1.807) is 0 Å². The van der Waals surface area contributed by atoms with Crippen molar-refractivity contribution >= 4 is 0 Å². The highest BCUT2D eigenvalue weighted by atomic mass is 16.5. The smallest absolute Gasteiger partial charge is 0.130 e. The molecule has 1 heterocycles. The fraction of sp³-hybridized carbons (Fsp3) is 0.250. The highest BCUT2D eigenvalue weighted by molar-refractivity contribution is 5.72. The van der Waals surface area contributed by atoms with Gasteiger partial charge in [-0.1, -0.05) is 48.5 Å². The van der Waals surface area contributed by atoms with Gasteiger partial charge in [0.05, 0.1) is 0 Å². The monoisotopic (exact) mass is 239 g/mol. The number of nitrogens with two attached hydrogens (primary N) is 1. The van der Waals surface area contributed by atoms with Crippen molar-refractivity contribution in [3.8, 4) is 16.9 Å². The van der Waals surface area contributed by atoms with Crippen LogP contribution in [-0.2, 0) is 6.42 Å². The van der Waals surface area contributed by atoms with Crippen LogP contribution in [0.3, 0.4) is 0 Å². The largest absolute Gasteiger partial charge is 0.488 e. The molecule has 2 aromatic rings. The first-order valence-electron chi connectivity index (χ1n) is 6.42. The molecule has 0 aromatic heterocycles. The zero-order chi connectivity index (χ0) is 12.4. The van der Waals surface area contributed by atoms with E-state index < -0.39 is 0 Å². The van der Waals surface area contributed by atoms with Crippen LogP contribution < -0.4 is 10.5 Å². The molecule has 0 spiro atoms. The standard InChI is InChI=1S/C16H17NO/c17-11-14-10-9-13-7-4-8-15(16(13)18-14)12-5-2-1-3-6-12/h1-8,14H,9-11,17H2/t14-/m0/s1. The number of ether oxygens (including phenoxy) is 1. The van der Waals surface area contributed by atoms with Gasteiger partial charge in [-0.25, -0.2) is 0 Å². The number of hydrogen-bond acceptors (Lipinski definition) is 2. The molecule has 0 amide bonds. The molecular formula is C16H17NO. The van der Waals surface area contributed by atoms with E-state index in [4.69, 9.17) is 10.5 Å². The van der Waals surface area contributed by atoms with Crippen LogP contribution in [0.15, 0.2) is 48.5 Å². The second kappa shape index (κ2) is 4.83. The van der Waals surface area contributed by atoms with Crippen molar-refractivity contribution in [2.24, 2.45) is 5.73 Å². The minimum atomic E-state index is 0.155. The van der Waals surface area contributed by atoms with Crippen molar-refractivity contribution in [1.82, 2.24) is 0 Å². The third kappa shape index (κ3) is 2.00. The van der Waals surface area contributed by atoms with Gasteiger partial charge in [-0.2, -0.15) is 0 Å². The third-order valence-electron chi connectivity index (χ3n) is 3.46. The summed E-state index contributed by atoms with van der Waals surface area (Å²) in [5, 5.41) is 0. The van der Waals surface area contributed by atoms with Gasteiger partial charge in [-0.05, 0) is 24.0 Å². The number of fused-ring (bicyclic) bond motifs is 1. The zero-order valence-corrected chi connectivity index (χ0v) is 10.3. The molecule has 0 saturated carbocycles. The minimum Gasteiger partial charge on any atom is -0.488 e. The molecule has 1 aliphatic rings. The van der Waals surface area contributed by atoms with E-state index in [9.17, 15) is 0 Å². The van der Waals surface area contributed by atoms with E-state index in [0.29, 0.717) is 6.54 Å². The lowest BCUT2D eigenvalue weighted by Gasteiger charge is -2.27. The molecule has 0 unspecified atom stereocenters. The fourth-order valence-corrected chi connectivity index (χ4v) is 2.47. The molecule has 1 atom stereocenters. The second-order valence-corrected chi connectivity index (χ2v) is 4.67. The van der Waals surface area contributed by atoms with Gasteiger partial charge in [0.1, 0.15) is 11.9 Å². The van der Waals surface area contributed by atoms with Gasteiger partial charge in [-0.3, -0.25) is 0 Å². The van der Waals surface area contributed by atoms with Crippen molar-refractivity contribution in [2.45, 2.75) is 18.9 Å². The predicted octanol–water partition coefficient (Wildman–Crippen LogP) is 3.01. The Kier molecular flexibility index (Phi) is 3.03. The fourth-order valence-electron chi connectivity index (χ4n) is 2.47. The Morgan fingerprint density at radius 3 is 2.67 bits per heavy atom. The summed E-state index contributed by atoms with van der Waals surface area (Å²) in [6, 6.07) is 16.7. The Morgan fingerprint density at radius 1 is 1.06 bits per heavy atom. The van der Waals surface area contributed by atoms with Gasteiger partial charge in [0.2, 0.25) is 0 Å². The molecule has 1 aliphatic heterocycles. The average Bonchev–Trinajstić information content (AvgIpc) is 2.47. The van der Waals surface area contributed by atoms with Gasteiger partial charge >= 0.3 is 0 Å². The van der Waals surface area contributed by atoms with E-state index in [-0.39, 0.29) is 6.10 Å². The first-order chi connectivity index (χ1) is 8.88. The first-order valence-corrected chi connectivity index (χ1v) is 6.42. The maximum atomic E-state index is 6.04. The van der Waals surface area contributed by atoms with Crippen LogP contribution in [0.2, 0.25) is 0 Å². The normalized spacial score (nSPS) is 17.9. The summed E-state index contributed by atoms with van der Waals surface area (Å²) in [5.41, 5.74) is 9.39. The number of para-hydroxylation sites is 1. The maximum absolute atomic E-state index is 6.04. The van der Waals surface area contributed by atoms with Gasteiger partial charge in [0, 0.05) is 12.1 Å². The lowest BCUT2D eigenvalue weighted by atomic mass is 9.96. The van der Waals surface area contributed by atoms with Crippen LogP contribution in [0.25, 0.3) is 11.1 Å². The van der Waals surface area contributed by atoms with Crippen molar-refractivity contribution in [1.29, 1.82) is 0 Å². The van der Waals surface area contributed by atoms with Crippen molar-refractivity contribution < 1.29 is 4.74 Å². The molecule has 0 saturated heterocycles. The predicted molar refractivity (Wildman–Crippen MR) is 73.7 cm³/mol. The summed E-state index contributed by atoms with van der Waals surface area (Å²) < 4.78 is 6.04. The molecule has 0 radical (unpaired) electrons. The summed E-state index contributed by atoms with van der Waals surface area (Å²) >= 11 is 0. The molecule has 2 nitrogen and oxygen atoms in total. The van der Waals surface area contributed by atoms with Crippen LogP contribution in [0, 0.1) is 0 Å². The quantitative estimate of drug-likeness (QED) is 0.874. The Labute approximate surface area is 107 Å². The number of rotatable bonds is 2. The number of aryl methyl sites for hydroxylation is 1. The minimum absolute atomic E-state index is 0.155. The Hall–Kier alpha value is -1.80. The Balaban J connectivity index is 2.06. The molecule has 2 heteroatoms. The molecular weight excluding hydrogens is 222 g/mol. The highest BCUT2D eigenvalue weighted by Crippen LogP contribution is 2.37. The average molecular weight is 239 g/mol. The summed E-state index contributed by atoms with van der Waals surface area (Å²) in [6.45, 7) is 0.586. The molecule has 0 bridgehead atoms. The van der Waals surface area contributed by atoms with E-state index >= 15 is 0 Å². The summed E-state index contributed by atoms with van der Waals surface area (Å²) in [7, 11) is 0. The van der Waals surface area contributed by atoms with Crippen molar-refractivity contribution in [3.05, 3.63) is 54.1 Å². The van der Waals surface area contributed by atoms with E-state index in [1.165, 1.54) is 16.7 Å². The SMILES string of the molecule is NC[C@@H]1CCc2cccc(-c3ccccc3)c2O1. The molecule has 18 heavy (non-hydrogen) atoms. The molecule has 0 fully saturated rings. The van der Waals surface area contributed by atoms with Crippen molar-refractivity contribution in [2.75, 3.05) is 6.54 Å². The lowest BCUT2D eigenvalue weighted by molar-refractivity contribution is 0.182. The van der Waals surface area contributed by atoms with Crippen LogP contribution in [0.1, 0.15) is 12.0 Å². The number of benzene rings is 2. The van der Waals surface area contributed by atoms with Crippen molar-refractivity contribution in [3.63, 3.8) is 0 Å². The lowest BCUT2D eigenvalue weighted by Crippen LogP contribution is -2.30. The topological polar surface area (TPSA) is 35.2 Å². The molecule has 92 valence electrons. The molecule has 3 rings (SSSR count). The highest BCUT2D eigenvalue weighted by Gasteiger charge is 2.21. The summed E-state index contributed by atoms with van der Waals surface area (Å²) in [6.07, 6.45) is 2.22. The van der Waals surface area contributed by atoms with E-state index in [1.807, 2.05) is 6.07 Å². The van der Waals surface area contributed by atoms with Gasteiger partial charge in [0.25, 0.3) is 0 Å². The van der Waals surface area contributed by atoms with Gasteiger partial charge in [0.15, 0.2) is 0 Å². The van der Waals surface area contributed by atoms with Gasteiger partial charge < -0.3 is 10.5 Å². The zero-order valence-electron chi connectivity index (χ0n) is 10.3. The first kappa shape index (κ1) is 11.3. The number of hydrogen-bond donors (Lipinski definition) is 1. The van der Waals surface area contributed by atoms with E-state index in [2.05, 4.69) is 42.5 Å². The molecule has 2 N–H and O–H groups in total. The molecule has 2 aromatic carbocycles. The Morgan fingerprint density at radius 2 is 1.89 bits per heavy atom. The second-order valence-electron chi connectivity index (χ2n) is 4.67. The van der Waals surface area contributed by atoms with Crippen LogP contribution in [0.5, 0.6) is 5.75 Å². The Bertz CT molecular complexity index is 536. The van der Waals surface area contributed by atoms with Crippen LogP contribution in [0.4, 0.5) is 0 Å².